The van der Waals surface area contributed by atoms with Crippen LogP contribution >= 0.6 is 11.6 Å². The summed E-state index contributed by atoms with van der Waals surface area (Å²) in [6.07, 6.45) is 0. The lowest BCUT2D eigenvalue weighted by atomic mass is 10.0. The van der Waals surface area contributed by atoms with Gasteiger partial charge >= 0.3 is 0 Å². The normalized spacial score (nSPS) is 9.89. The predicted molar refractivity (Wildman–Crippen MR) is 69.7 cm³/mol. The second kappa shape index (κ2) is 5.54. The maximum atomic E-state index is 13.5. The van der Waals surface area contributed by atoms with Crippen molar-refractivity contribution < 1.29 is 4.39 Å². The van der Waals surface area contributed by atoms with Gasteiger partial charge in [0.15, 0.2) is 0 Å². The molecule has 0 unspecified atom stereocenters. The van der Waals surface area contributed by atoms with Gasteiger partial charge in [0, 0.05) is 15.5 Å². The Balaban J connectivity index is 2.48. The van der Waals surface area contributed by atoms with Gasteiger partial charge in [-0.05, 0) is 34.9 Å². The van der Waals surface area contributed by atoms with Crippen LogP contribution in [0.25, 0.3) is 21.6 Å². The Labute approximate surface area is 108 Å². The number of benzene rings is 2. The summed E-state index contributed by atoms with van der Waals surface area (Å²) in [7, 11) is 0. The van der Waals surface area contributed by atoms with Crippen LogP contribution in [-0.4, -0.2) is 0 Å². The molecule has 0 fully saturated rings. The molecule has 0 aliphatic carbocycles. The van der Waals surface area contributed by atoms with Gasteiger partial charge in [-0.15, -0.1) is 0 Å². The highest BCUT2D eigenvalue weighted by Gasteiger charge is 2.06. The second-order valence-electron chi connectivity index (χ2n) is 3.72. The van der Waals surface area contributed by atoms with Crippen LogP contribution in [-0.2, 0) is 6.54 Å². The van der Waals surface area contributed by atoms with Crippen molar-refractivity contribution in [1.29, 1.82) is 0 Å². The Morgan fingerprint density at radius 2 is 2.00 bits per heavy atom. The second-order valence-corrected chi connectivity index (χ2v) is 4.12. The van der Waals surface area contributed by atoms with Crippen LogP contribution in [0, 0.1) is 5.82 Å². The molecule has 0 aliphatic heterocycles. The van der Waals surface area contributed by atoms with E-state index in [0.29, 0.717) is 16.1 Å². The first-order valence-corrected chi connectivity index (χ1v) is 5.64. The Kier molecular flexibility index (Phi) is 3.82. The van der Waals surface area contributed by atoms with Gasteiger partial charge < -0.3 is 0 Å². The standard InChI is InChI=1S/C13H9ClFN3/c14-13-4-2-1-3-12(13)10-5-9(8-17-18-16)6-11(15)7-10/h1-7H,8H2. The van der Waals surface area contributed by atoms with E-state index in [9.17, 15) is 4.39 Å². The highest BCUT2D eigenvalue weighted by atomic mass is 35.5. The molecule has 0 aliphatic rings. The van der Waals surface area contributed by atoms with E-state index in [1.807, 2.05) is 18.2 Å². The van der Waals surface area contributed by atoms with E-state index in [4.69, 9.17) is 17.1 Å². The zero-order valence-corrected chi connectivity index (χ0v) is 10.1. The fourth-order valence-corrected chi connectivity index (χ4v) is 1.95. The van der Waals surface area contributed by atoms with Crippen LogP contribution in [0.4, 0.5) is 4.39 Å². The minimum Gasteiger partial charge on any atom is -0.207 e. The van der Waals surface area contributed by atoms with Crippen LogP contribution in [0.2, 0.25) is 5.02 Å². The van der Waals surface area contributed by atoms with Gasteiger partial charge in [0.05, 0.1) is 6.54 Å². The number of halogens is 2. The molecule has 0 bridgehead atoms. The molecule has 2 rings (SSSR count). The van der Waals surface area contributed by atoms with Gasteiger partial charge in [0.2, 0.25) is 0 Å². The van der Waals surface area contributed by atoms with Crippen molar-refractivity contribution in [2.24, 2.45) is 5.11 Å². The number of rotatable bonds is 3. The van der Waals surface area contributed by atoms with Crippen molar-refractivity contribution in [2.75, 3.05) is 0 Å². The van der Waals surface area contributed by atoms with Gasteiger partial charge in [-0.2, -0.15) is 0 Å². The SMILES string of the molecule is [N-]=[N+]=NCc1cc(F)cc(-c2ccccc2Cl)c1. The number of hydrogen-bond acceptors (Lipinski definition) is 1. The largest absolute Gasteiger partial charge is 0.207 e. The fraction of sp³-hybridized carbons (Fsp3) is 0.0769. The Hall–Kier alpha value is -2.03. The van der Waals surface area contributed by atoms with Crippen LogP contribution in [0.1, 0.15) is 5.56 Å². The average molecular weight is 262 g/mol. The van der Waals surface area contributed by atoms with Crippen LogP contribution in [0.3, 0.4) is 0 Å². The van der Waals surface area contributed by atoms with Crippen molar-refractivity contribution in [3.05, 3.63) is 69.3 Å². The maximum absolute atomic E-state index is 13.5. The molecule has 0 heterocycles. The van der Waals surface area contributed by atoms with E-state index in [1.54, 1.807) is 12.1 Å². The summed E-state index contributed by atoms with van der Waals surface area (Å²) >= 11 is 6.06. The summed E-state index contributed by atoms with van der Waals surface area (Å²) in [5.41, 5.74) is 10.3. The quantitative estimate of drug-likeness (QED) is 0.426. The van der Waals surface area contributed by atoms with E-state index in [-0.39, 0.29) is 12.4 Å². The van der Waals surface area contributed by atoms with Gasteiger partial charge in [0.1, 0.15) is 5.82 Å². The first kappa shape index (κ1) is 12.4. The van der Waals surface area contributed by atoms with Gasteiger partial charge in [0.25, 0.3) is 0 Å². The van der Waals surface area contributed by atoms with E-state index >= 15 is 0 Å². The predicted octanol–water partition coefficient (Wildman–Crippen LogP) is 4.96. The molecule has 0 N–H and O–H groups in total. The lowest BCUT2D eigenvalue weighted by molar-refractivity contribution is 0.626. The molecule has 0 aromatic heterocycles. The summed E-state index contributed by atoms with van der Waals surface area (Å²) in [5.74, 6) is -0.379. The molecule has 5 heteroatoms. The number of hydrogen-bond donors (Lipinski definition) is 0. The highest BCUT2D eigenvalue weighted by molar-refractivity contribution is 6.33. The molecule has 0 amide bonds. The molecule has 18 heavy (non-hydrogen) atoms. The molecule has 0 atom stereocenters. The van der Waals surface area contributed by atoms with Crippen molar-refractivity contribution in [3.8, 4) is 11.1 Å². The zero-order valence-electron chi connectivity index (χ0n) is 9.35. The monoisotopic (exact) mass is 261 g/mol. The molecule has 2 aromatic carbocycles. The van der Waals surface area contributed by atoms with Crippen molar-refractivity contribution in [3.63, 3.8) is 0 Å². The minimum absolute atomic E-state index is 0.117. The van der Waals surface area contributed by atoms with Crippen molar-refractivity contribution >= 4 is 11.6 Å². The molecule has 0 saturated heterocycles. The van der Waals surface area contributed by atoms with Gasteiger partial charge in [-0.25, -0.2) is 4.39 Å². The summed E-state index contributed by atoms with van der Waals surface area (Å²) < 4.78 is 13.5. The molecular formula is C13H9ClFN3. The third kappa shape index (κ3) is 2.80. The van der Waals surface area contributed by atoms with Crippen LogP contribution in [0.15, 0.2) is 47.6 Å². The molecule has 0 radical (unpaired) electrons. The average Bonchev–Trinajstić information content (AvgIpc) is 2.36. The zero-order chi connectivity index (χ0) is 13.0. The van der Waals surface area contributed by atoms with Crippen LogP contribution < -0.4 is 0 Å². The van der Waals surface area contributed by atoms with E-state index in [1.165, 1.54) is 12.1 Å². The van der Waals surface area contributed by atoms with Crippen molar-refractivity contribution in [2.45, 2.75) is 6.54 Å². The van der Waals surface area contributed by atoms with Crippen LogP contribution in [0.5, 0.6) is 0 Å². The molecule has 2 aromatic rings. The molecule has 0 saturated carbocycles. The minimum atomic E-state index is -0.379. The summed E-state index contributed by atoms with van der Waals surface area (Å²) in [6, 6.07) is 11.7. The smallest absolute Gasteiger partial charge is 0.124 e. The fourth-order valence-electron chi connectivity index (χ4n) is 1.71. The third-order valence-electron chi connectivity index (χ3n) is 2.46. The topological polar surface area (TPSA) is 48.8 Å². The molecular weight excluding hydrogens is 253 g/mol. The van der Waals surface area contributed by atoms with Gasteiger partial charge in [-0.3, -0.25) is 0 Å². The molecule has 0 spiro atoms. The Bertz CT molecular complexity index is 621. The lowest BCUT2D eigenvalue weighted by Crippen LogP contribution is -1.87. The Morgan fingerprint density at radius 1 is 1.22 bits per heavy atom. The van der Waals surface area contributed by atoms with E-state index in [0.717, 1.165) is 5.56 Å². The van der Waals surface area contributed by atoms with Crippen molar-refractivity contribution in [1.82, 2.24) is 0 Å². The number of azide groups is 1. The van der Waals surface area contributed by atoms with E-state index < -0.39 is 0 Å². The highest BCUT2D eigenvalue weighted by Crippen LogP contribution is 2.29. The maximum Gasteiger partial charge on any atom is 0.124 e. The summed E-state index contributed by atoms with van der Waals surface area (Å²) in [5, 5.41) is 3.97. The van der Waals surface area contributed by atoms with E-state index in [2.05, 4.69) is 10.0 Å². The number of nitrogens with zero attached hydrogens (tertiary/aromatic N) is 3. The Morgan fingerprint density at radius 3 is 2.72 bits per heavy atom. The molecule has 3 nitrogen and oxygen atoms in total. The first-order valence-electron chi connectivity index (χ1n) is 5.26. The summed E-state index contributed by atoms with van der Waals surface area (Å²) in [6.45, 7) is 0.117. The molecule has 90 valence electrons. The lowest BCUT2D eigenvalue weighted by Gasteiger charge is -2.06. The third-order valence-corrected chi connectivity index (χ3v) is 2.79. The first-order chi connectivity index (χ1) is 8.70. The summed E-state index contributed by atoms with van der Waals surface area (Å²) in [4.78, 5) is 2.66. The van der Waals surface area contributed by atoms with Gasteiger partial charge in [-0.1, -0.05) is 41.0 Å².